The standard InChI is InChI=1S/C24H26ClN5O/c1-28-13-18-12-19(25)6-7-21(18)30-22(14-28)26-27-23(30)29-10-8-24(9-11-29)16-31-15-17-4-2-3-5-20(17)24/h2-7,12,14,23H,8-11,13,15-16H2,1H3. The summed E-state index contributed by atoms with van der Waals surface area (Å²) in [5, 5.41) is 10.0. The number of hydrogen-bond donors (Lipinski definition) is 0. The summed E-state index contributed by atoms with van der Waals surface area (Å²) in [5.74, 6) is 0.889. The highest BCUT2D eigenvalue weighted by Crippen LogP contribution is 2.43. The van der Waals surface area contributed by atoms with E-state index in [0.29, 0.717) is 0 Å². The average molecular weight is 436 g/mol. The van der Waals surface area contributed by atoms with Gasteiger partial charge >= 0.3 is 0 Å². The molecule has 2 aromatic carbocycles. The van der Waals surface area contributed by atoms with Crippen LogP contribution in [0.2, 0.25) is 5.02 Å². The van der Waals surface area contributed by atoms with Crippen LogP contribution in [0.3, 0.4) is 0 Å². The van der Waals surface area contributed by atoms with Crippen molar-refractivity contribution in [1.82, 2.24) is 9.80 Å². The van der Waals surface area contributed by atoms with E-state index in [2.05, 4.69) is 69.5 Å². The number of nitrogens with zero attached hydrogens (tertiary/aromatic N) is 5. The van der Waals surface area contributed by atoms with E-state index in [0.717, 1.165) is 62.2 Å². The molecule has 0 N–H and O–H groups in total. The van der Waals surface area contributed by atoms with Crippen molar-refractivity contribution in [3.63, 3.8) is 0 Å². The Kier molecular flexibility index (Phi) is 4.56. The highest BCUT2D eigenvalue weighted by Gasteiger charge is 2.44. The largest absolute Gasteiger partial charge is 0.376 e. The minimum Gasteiger partial charge on any atom is -0.376 e. The van der Waals surface area contributed by atoms with E-state index >= 15 is 0 Å². The van der Waals surface area contributed by atoms with Crippen molar-refractivity contribution in [1.29, 1.82) is 0 Å². The van der Waals surface area contributed by atoms with Gasteiger partial charge < -0.3 is 9.64 Å². The Bertz CT molecular complexity index is 1080. The van der Waals surface area contributed by atoms with Crippen molar-refractivity contribution in [3.05, 3.63) is 76.2 Å². The maximum Gasteiger partial charge on any atom is 0.204 e. The van der Waals surface area contributed by atoms with Gasteiger partial charge in [0, 0.05) is 43.3 Å². The van der Waals surface area contributed by atoms with Crippen molar-refractivity contribution in [2.45, 2.75) is 37.7 Å². The smallest absolute Gasteiger partial charge is 0.204 e. The summed E-state index contributed by atoms with van der Waals surface area (Å²) in [6.45, 7) is 4.27. The molecule has 1 saturated heterocycles. The van der Waals surface area contributed by atoms with Crippen LogP contribution in [0.5, 0.6) is 0 Å². The topological polar surface area (TPSA) is 43.7 Å². The van der Waals surface area contributed by atoms with Gasteiger partial charge in [-0.15, -0.1) is 10.2 Å². The molecule has 6 nitrogen and oxygen atoms in total. The zero-order valence-corrected chi connectivity index (χ0v) is 18.4. The molecule has 1 fully saturated rings. The predicted molar refractivity (Wildman–Crippen MR) is 121 cm³/mol. The lowest BCUT2D eigenvalue weighted by Gasteiger charge is -2.46. The molecule has 31 heavy (non-hydrogen) atoms. The number of ether oxygens (including phenoxy) is 1. The van der Waals surface area contributed by atoms with Crippen LogP contribution in [-0.2, 0) is 23.3 Å². The fourth-order valence-electron chi connectivity index (χ4n) is 5.52. The first kappa shape index (κ1) is 19.3. The molecular formula is C24H26ClN5O. The van der Waals surface area contributed by atoms with Crippen LogP contribution in [0.15, 0.2) is 64.7 Å². The second kappa shape index (κ2) is 7.33. The summed E-state index contributed by atoms with van der Waals surface area (Å²) in [6.07, 6.45) is 4.09. The number of anilines is 1. The number of halogens is 1. The third-order valence-corrected chi connectivity index (χ3v) is 7.34. The van der Waals surface area contributed by atoms with Crippen molar-refractivity contribution in [2.75, 3.05) is 31.6 Å². The Hall–Kier alpha value is -2.41. The van der Waals surface area contributed by atoms with Crippen LogP contribution in [0.4, 0.5) is 5.69 Å². The Balaban J connectivity index is 1.28. The second-order valence-corrected chi connectivity index (χ2v) is 9.51. The van der Waals surface area contributed by atoms with E-state index in [9.17, 15) is 0 Å². The summed E-state index contributed by atoms with van der Waals surface area (Å²) in [7, 11) is 2.06. The Morgan fingerprint density at radius 1 is 1.10 bits per heavy atom. The molecule has 0 amide bonds. The number of likely N-dealkylation sites (tertiary alicyclic amines) is 1. The molecule has 0 saturated carbocycles. The number of azo groups is 1. The van der Waals surface area contributed by atoms with Crippen LogP contribution >= 0.6 is 11.6 Å². The maximum absolute atomic E-state index is 6.31. The van der Waals surface area contributed by atoms with Gasteiger partial charge in [0.05, 0.1) is 18.9 Å². The highest BCUT2D eigenvalue weighted by molar-refractivity contribution is 6.30. The maximum atomic E-state index is 6.31. The zero-order chi connectivity index (χ0) is 21.0. The normalized spacial score (nSPS) is 24.5. The van der Waals surface area contributed by atoms with Gasteiger partial charge in [-0.1, -0.05) is 35.9 Å². The molecule has 4 aliphatic rings. The molecule has 0 aliphatic carbocycles. The molecule has 4 aliphatic heterocycles. The van der Waals surface area contributed by atoms with Crippen molar-refractivity contribution >= 4 is 17.3 Å². The molecule has 1 unspecified atom stereocenters. The van der Waals surface area contributed by atoms with Gasteiger partial charge in [0.25, 0.3) is 0 Å². The number of hydrogen-bond acceptors (Lipinski definition) is 6. The van der Waals surface area contributed by atoms with E-state index < -0.39 is 0 Å². The van der Waals surface area contributed by atoms with Gasteiger partial charge in [0.1, 0.15) is 0 Å². The van der Waals surface area contributed by atoms with E-state index in [1.165, 1.54) is 16.7 Å². The first-order valence-electron chi connectivity index (χ1n) is 10.9. The Morgan fingerprint density at radius 3 is 2.81 bits per heavy atom. The summed E-state index contributed by atoms with van der Waals surface area (Å²) >= 11 is 6.31. The molecule has 1 atom stereocenters. The van der Waals surface area contributed by atoms with Crippen LogP contribution in [-0.4, -0.2) is 42.8 Å². The Morgan fingerprint density at radius 2 is 1.94 bits per heavy atom. The number of piperidine rings is 1. The van der Waals surface area contributed by atoms with E-state index in [-0.39, 0.29) is 11.7 Å². The first-order valence-corrected chi connectivity index (χ1v) is 11.3. The SMILES string of the molecule is CN1C=C2N=NC(N3CCC4(CC3)COCc3ccccc34)N2c2ccc(Cl)cc2C1. The lowest BCUT2D eigenvalue weighted by atomic mass is 9.71. The molecule has 1 spiro atoms. The van der Waals surface area contributed by atoms with Crippen LogP contribution in [0.25, 0.3) is 0 Å². The fourth-order valence-corrected chi connectivity index (χ4v) is 5.72. The zero-order valence-electron chi connectivity index (χ0n) is 17.7. The minimum absolute atomic E-state index is 0.115. The van der Waals surface area contributed by atoms with Gasteiger partial charge in [-0.05, 0) is 47.7 Å². The number of benzene rings is 2. The lowest BCUT2D eigenvalue weighted by Crippen LogP contribution is -2.53. The molecule has 2 aromatic rings. The molecule has 160 valence electrons. The summed E-state index contributed by atoms with van der Waals surface area (Å²) < 4.78 is 6.02. The minimum atomic E-state index is -0.116. The molecule has 6 rings (SSSR count). The average Bonchev–Trinajstić information content (AvgIpc) is 3.12. The van der Waals surface area contributed by atoms with E-state index in [1.807, 2.05) is 6.07 Å². The summed E-state index contributed by atoms with van der Waals surface area (Å²) in [5.41, 5.74) is 5.27. The van der Waals surface area contributed by atoms with Crippen LogP contribution in [0.1, 0.15) is 29.5 Å². The quantitative estimate of drug-likeness (QED) is 0.651. The molecule has 4 heterocycles. The third kappa shape index (κ3) is 3.16. The predicted octanol–water partition coefficient (Wildman–Crippen LogP) is 4.70. The van der Waals surface area contributed by atoms with Crippen LogP contribution < -0.4 is 4.90 Å². The van der Waals surface area contributed by atoms with Crippen molar-refractivity contribution in [2.24, 2.45) is 10.2 Å². The Labute approximate surface area is 187 Å². The van der Waals surface area contributed by atoms with Crippen molar-refractivity contribution in [3.8, 4) is 0 Å². The van der Waals surface area contributed by atoms with E-state index in [1.54, 1.807) is 0 Å². The van der Waals surface area contributed by atoms with Gasteiger partial charge in [-0.3, -0.25) is 9.80 Å². The molecule has 7 heteroatoms. The summed E-state index contributed by atoms with van der Waals surface area (Å²) in [4.78, 5) is 6.86. The van der Waals surface area contributed by atoms with E-state index in [4.69, 9.17) is 21.5 Å². The second-order valence-electron chi connectivity index (χ2n) is 9.07. The van der Waals surface area contributed by atoms with Gasteiger partial charge in [0.2, 0.25) is 6.29 Å². The monoisotopic (exact) mass is 435 g/mol. The first-order chi connectivity index (χ1) is 15.1. The van der Waals surface area contributed by atoms with Crippen LogP contribution in [0, 0.1) is 0 Å². The molecule has 0 radical (unpaired) electrons. The lowest BCUT2D eigenvalue weighted by molar-refractivity contribution is 0.0118. The summed E-state index contributed by atoms with van der Waals surface area (Å²) in [6, 6.07) is 14.9. The van der Waals surface area contributed by atoms with Crippen molar-refractivity contribution < 1.29 is 4.74 Å². The number of rotatable bonds is 1. The van der Waals surface area contributed by atoms with Gasteiger partial charge in [-0.2, -0.15) is 0 Å². The van der Waals surface area contributed by atoms with Gasteiger partial charge in [-0.25, -0.2) is 0 Å². The number of fused-ring (bicyclic) bond motifs is 5. The van der Waals surface area contributed by atoms with Gasteiger partial charge in [0.15, 0.2) is 5.82 Å². The highest BCUT2D eigenvalue weighted by atomic mass is 35.5. The fraction of sp³-hybridized carbons (Fsp3) is 0.417. The molecule has 0 bridgehead atoms. The molecular weight excluding hydrogens is 410 g/mol. The third-order valence-electron chi connectivity index (χ3n) is 7.10. The molecule has 0 aromatic heterocycles.